The Kier molecular flexibility index (Phi) is 19.5. The molecule has 4 saturated heterocycles. The lowest BCUT2D eigenvalue weighted by Crippen LogP contribution is -2.68. The Morgan fingerprint density at radius 2 is 1.04 bits per heavy atom. The second-order valence-electron chi connectivity index (χ2n) is 14.7. The van der Waals surface area contributed by atoms with Gasteiger partial charge in [-0.25, -0.2) is 0 Å². The quantitative estimate of drug-likeness (QED) is 0.0509. The predicted octanol–water partition coefficient (Wildman–Crippen LogP) is -5.57. The standard InChI is InChI=1S/C35H63NO21/c1-4-5-6-7-8-9-10-50-33-28(48)30(24(44)19(55-33)14-51-34-27(47)29(49-3)23(43)18(13-39)53-34)56-35-31(26(46)22(42)17(12-38)54-35)57-32-20(36-15(2)40)25(45)21(41)16(11-37)52-32/h16-35,37-39,41-48H,4-14H2,1-3H3,(H,36,40)/t16-,17-,18-,19-,20-,21-,22-,23-,24-,25-,26+,27+,28+,29+,30+,31+,32+,33-,34+,35-/m1/s1. The number of rotatable bonds is 20. The number of nitrogens with one attached hydrogen (secondary N) is 1. The van der Waals surface area contributed by atoms with Crippen molar-refractivity contribution in [3.8, 4) is 0 Å². The Bertz CT molecular complexity index is 1180. The first-order valence-electron chi connectivity index (χ1n) is 19.5. The van der Waals surface area contributed by atoms with Crippen LogP contribution in [0.3, 0.4) is 0 Å². The molecule has 4 fully saturated rings. The number of carbonyl (C=O) groups is 1. The molecule has 22 heteroatoms. The maximum atomic E-state index is 12.0. The normalized spacial score (nSPS) is 44.2. The first-order valence-corrected chi connectivity index (χ1v) is 19.5. The van der Waals surface area contributed by atoms with Crippen LogP contribution in [0, 0.1) is 0 Å². The van der Waals surface area contributed by atoms with E-state index in [0.717, 1.165) is 39.0 Å². The minimum Gasteiger partial charge on any atom is -0.394 e. The van der Waals surface area contributed by atoms with Gasteiger partial charge in [-0.05, 0) is 6.42 Å². The molecule has 4 aliphatic heterocycles. The molecule has 20 atom stereocenters. The lowest BCUT2D eigenvalue weighted by molar-refractivity contribution is -0.385. The van der Waals surface area contributed by atoms with Crippen LogP contribution in [0.1, 0.15) is 52.4 Å². The van der Waals surface area contributed by atoms with Gasteiger partial charge in [0.25, 0.3) is 0 Å². The van der Waals surface area contributed by atoms with Gasteiger partial charge in [0, 0.05) is 20.6 Å². The van der Waals surface area contributed by atoms with Gasteiger partial charge in [-0.3, -0.25) is 4.79 Å². The van der Waals surface area contributed by atoms with E-state index in [1.165, 1.54) is 7.11 Å². The Morgan fingerprint density at radius 1 is 0.544 bits per heavy atom. The van der Waals surface area contributed by atoms with E-state index in [9.17, 15) is 61.0 Å². The first-order chi connectivity index (χ1) is 27.2. The molecule has 334 valence electrons. The van der Waals surface area contributed by atoms with Gasteiger partial charge in [0.1, 0.15) is 97.6 Å². The van der Waals surface area contributed by atoms with Crippen LogP contribution in [0.15, 0.2) is 0 Å². The largest absolute Gasteiger partial charge is 0.394 e. The minimum atomic E-state index is -1.94. The summed E-state index contributed by atoms with van der Waals surface area (Å²) in [5, 5.41) is 120. The zero-order valence-corrected chi connectivity index (χ0v) is 32.3. The van der Waals surface area contributed by atoms with Crippen molar-refractivity contribution in [1.29, 1.82) is 0 Å². The van der Waals surface area contributed by atoms with E-state index in [2.05, 4.69) is 12.2 Å². The van der Waals surface area contributed by atoms with E-state index in [0.29, 0.717) is 6.42 Å². The number of hydrogen-bond donors (Lipinski definition) is 12. The van der Waals surface area contributed by atoms with Crippen LogP contribution < -0.4 is 5.32 Å². The molecule has 0 aromatic rings. The van der Waals surface area contributed by atoms with Gasteiger partial charge in [-0.1, -0.05) is 39.0 Å². The molecule has 0 aromatic heterocycles. The SMILES string of the molecule is CCCCCCCCO[C@@H]1O[C@H](CO[C@H]2O[C@H](CO)[C@@H](O)[C@H](OC)[C@@H]2O)[C@@H](O)[C@H](O[C@H]2O[C@H](CO)[C@@H](O)[C@H](O)[C@@H]2O[C@@H]2O[C@H](CO)[C@@H](O)[C@H](O)[C@H]2NC(C)=O)[C@@H]1O. The highest BCUT2D eigenvalue weighted by molar-refractivity contribution is 5.73. The van der Waals surface area contributed by atoms with Crippen molar-refractivity contribution < 1.29 is 104 Å². The van der Waals surface area contributed by atoms with E-state index in [1.807, 2.05) is 0 Å². The molecule has 22 nitrogen and oxygen atoms in total. The third-order valence-electron chi connectivity index (χ3n) is 10.6. The molecule has 0 saturated carbocycles. The highest BCUT2D eigenvalue weighted by atomic mass is 16.8. The number of carbonyl (C=O) groups excluding carboxylic acids is 1. The molecule has 57 heavy (non-hydrogen) atoms. The number of amides is 1. The molecule has 4 aliphatic rings. The van der Waals surface area contributed by atoms with Crippen molar-refractivity contribution in [2.75, 3.05) is 40.1 Å². The molecule has 4 rings (SSSR count). The predicted molar refractivity (Wildman–Crippen MR) is 187 cm³/mol. The highest BCUT2D eigenvalue weighted by Gasteiger charge is 2.55. The summed E-state index contributed by atoms with van der Waals surface area (Å²) >= 11 is 0. The summed E-state index contributed by atoms with van der Waals surface area (Å²) in [5.41, 5.74) is 0. The topological polar surface area (TPSA) is 335 Å². The van der Waals surface area contributed by atoms with Gasteiger partial charge in [-0.15, -0.1) is 0 Å². The summed E-state index contributed by atoms with van der Waals surface area (Å²) in [4.78, 5) is 12.0. The van der Waals surface area contributed by atoms with E-state index >= 15 is 0 Å². The van der Waals surface area contributed by atoms with Crippen LogP contribution >= 0.6 is 0 Å². The van der Waals surface area contributed by atoms with Gasteiger partial charge in [0.15, 0.2) is 25.2 Å². The molecule has 0 bridgehead atoms. The maximum absolute atomic E-state index is 12.0. The Hall–Kier alpha value is -1.33. The highest BCUT2D eigenvalue weighted by Crippen LogP contribution is 2.34. The smallest absolute Gasteiger partial charge is 0.217 e. The molecular formula is C35H63NO21. The maximum Gasteiger partial charge on any atom is 0.217 e. The molecule has 0 aliphatic carbocycles. The third kappa shape index (κ3) is 11.9. The Morgan fingerprint density at radius 3 is 1.65 bits per heavy atom. The summed E-state index contributed by atoms with van der Waals surface area (Å²) < 4.78 is 51.7. The van der Waals surface area contributed by atoms with Crippen molar-refractivity contribution in [3.05, 3.63) is 0 Å². The lowest BCUT2D eigenvalue weighted by Gasteiger charge is -2.49. The average Bonchev–Trinajstić information content (AvgIpc) is 3.19. The van der Waals surface area contributed by atoms with E-state index in [-0.39, 0.29) is 6.61 Å². The fraction of sp³-hybridized carbons (Fsp3) is 0.971. The fourth-order valence-corrected chi connectivity index (χ4v) is 7.29. The zero-order chi connectivity index (χ0) is 42.0. The van der Waals surface area contributed by atoms with Gasteiger partial charge in [0.2, 0.25) is 5.91 Å². The summed E-state index contributed by atoms with van der Waals surface area (Å²) in [6, 6.07) is -1.50. The van der Waals surface area contributed by atoms with Crippen molar-refractivity contribution in [2.45, 2.75) is 175 Å². The number of ether oxygens (including phenoxy) is 9. The van der Waals surface area contributed by atoms with Crippen molar-refractivity contribution in [1.82, 2.24) is 5.32 Å². The number of unbranched alkanes of at least 4 members (excludes halogenated alkanes) is 5. The van der Waals surface area contributed by atoms with Gasteiger partial charge >= 0.3 is 0 Å². The van der Waals surface area contributed by atoms with E-state index in [1.54, 1.807) is 0 Å². The molecule has 0 aromatic carbocycles. The second-order valence-corrected chi connectivity index (χ2v) is 14.7. The van der Waals surface area contributed by atoms with Crippen molar-refractivity contribution in [3.63, 3.8) is 0 Å². The fourth-order valence-electron chi connectivity index (χ4n) is 7.29. The van der Waals surface area contributed by atoms with Crippen LogP contribution in [-0.2, 0) is 47.4 Å². The Labute approximate surface area is 330 Å². The molecule has 0 spiro atoms. The van der Waals surface area contributed by atoms with Crippen LogP contribution in [-0.4, -0.2) is 225 Å². The van der Waals surface area contributed by atoms with E-state index < -0.39 is 155 Å². The van der Waals surface area contributed by atoms with Crippen LogP contribution in [0.5, 0.6) is 0 Å². The third-order valence-corrected chi connectivity index (χ3v) is 10.6. The first kappa shape index (κ1) is 48.3. The minimum absolute atomic E-state index is 0.118. The average molecular weight is 834 g/mol. The summed E-state index contributed by atoms with van der Waals surface area (Å²) in [7, 11) is 1.23. The van der Waals surface area contributed by atoms with Crippen molar-refractivity contribution in [2.24, 2.45) is 0 Å². The lowest BCUT2D eigenvalue weighted by atomic mass is 9.95. The van der Waals surface area contributed by atoms with Gasteiger partial charge in [0.05, 0.1) is 26.4 Å². The number of aliphatic hydroxyl groups is 11. The number of hydrogen-bond acceptors (Lipinski definition) is 21. The van der Waals surface area contributed by atoms with Gasteiger partial charge in [-0.2, -0.15) is 0 Å². The van der Waals surface area contributed by atoms with E-state index in [4.69, 9.17) is 42.6 Å². The molecule has 0 unspecified atom stereocenters. The summed E-state index contributed by atoms with van der Waals surface area (Å²) in [6.45, 7) is 0.476. The summed E-state index contributed by atoms with van der Waals surface area (Å²) in [5.74, 6) is -0.680. The van der Waals surface area contributed by atoms with Crippen LogP contribution in [0.4, 0.5) is 0 Å². The Balaban J connectivity index is 1.59. The number of methoxy groups -OCH3 is 1. The molecule has 0 radical (unpaired) electrons. The van der Waals surface area contributed by atoms with Crippen LogP contribution in [0.2, 0.25) is 0 Å². The second kappa shape index (κ2) is 23.0. The van der Waals surface area contributed by atoms with Crippen molar-refractivity contribution >= 4 is 5.91 Å². The molecular weight excluding hydrogens is 770 g/mol. The zero-order valence-electron chi connectivity index (χ0n) is 32.3. The monoisotopic (exact) mass is 833 g/mol. The van der Waals surface area contributed by atoms with Crippen LogP contribution in [0.25, 0.3) is 0 Å². The molecule has 12 N–H and O–H groups in total. The summed E-state index contributed by atoms with van der Waals surface area (Å²) in [6.07, 6.45) is -25.1. The van der Waals surface area contributed by atoms with Gasteiger partial charge < -0.3 is 104 Å². The molecule has 4 heterocycles. The number of aliphatic hydroxyl groups excluding tert-OH is 11. The molecule has 1 amide bonds.